The van der Waals surface area contributed by atoms with E-state index in [0.717, 1.165) is 0 Å². The number of benzene rings is 3. The second kappa shape index (κ2) is 9.02. The van der Waals surface area contributed by atoms with E-state index in [0.29, 0.717) is 35.8 Å². The molecule has 1 unspecified atom stereocenters. The number of ether oxygens (including phenoxy) is 1. The van der Waals surface area contributed by atoms with Crippen LogP contribution in [0.15, 0.2) is 30.3 Å². The highest BCUT2D eigenvalue weighted by Gasteiger charge is 2.26. The summed E-state index contributed by atoms with van der Waals surface area (Å²) in [6.07, 6.45) is 0.583. The molecule has 180 valence electrons. The predicted octanol–water partition coefficient (Wildman–Crippen LogP) is 2.92. The van der Waals surface area contributed by atoms with Gasteiger partial charge in [0.05, 0.1) is 0 Å². The number of phenols is 8. The fraction of sp³-hybridized carbons (Fsp3) is 0.136. The van der Waals surface area contributed by atoms with Crippen LogP contribution in [-0.2, 0) is 6.42 Å². The molecule has 1 aliphatic heterocycles. The number of carbonyl (C=O) groups is 1. The van der Waals surface area contributed by atoms with Crippen LogP contribution in [0.1, 0.15) is 34.0 Å². The van der Waals surface area contributed by atoms with E-state index in [2.05, 4.69) is 0 Å². The van der Waals surface area contributed by atoms with Crippen LogP contribution in [0.25, 0.3) is 0 Å². The van der Waals surface area contributed by atoms with Crippen LogP contribution in [0.5, 0.6) is 51.7 Å². The highest BCUT2D eigenvalue weighted by atomic mass is 19.1. The first-order valence-corrected chi connectivity index (χ1v) is 9.53. The molecule has 1 heterocycles. The lowest BCUT2D eigenvalue weighted by atomic mass is 9.96. The summed E-state index contributed by atoms with van der Waals surface area (Å²) >= 11 is 0. The van der Waals surface area contributed by atoms with Crippen molar-refractivity contribution in [2.24, 2.45) is 0 Å². The largest absolute Gasteiger partial charge is 0.508 e. The quantitative estimate of drug-likeness (QED) is 0.245. The molecule has 0 fully saturated rings. The number of fused-ring (bicyclic) bond motifs is 1. The van der Waals surface area contributed by atoms with E-state index < -0.39 is 58.0 Å². The van der Waals surface area contributed by atoms with Crippen molar-refractivity contribution in [3.8, 4) is 51.7 Å². The van der Waals surface area contributed by atoms with Gasteiger partial charge in [0, 0.05) is 23.8 Å². The van der Waals surface area contributed by atoms with Gasteiger partial charge in [-0.05, 0) is 30.5 Å². The van der Waals surface area contributed by atoms with Gasteiger partial charge in [-0.3, -0.25) is 0 Å². The lowest BCUT2D eigenvalue weighted by molar-refractivity contribution is 0.0690. The summed E-state index contributed by atoms with van der Waals surface area (Å²) in [5, 5.41) is 82.4. The predicted molar refractivity (Wildman–Crippen MR) is 111 cm³/mol. The van der Waals surface area contributed by atoms with Gasteiger partial charge in [-0.25, -0.2) is 9.18 Å². The molecule has 0 aliphatic carbocycles. The highest BCUT2D eigenvalue weighted by molar-refractivity contribution is 5.89. The zero-order valence-electron chi connectivity index (χ0n) is 17.1. The Kier molecular flexibility index (Phi) is 6.34. The molecule has 0 radical (unpaired) electrons. The summed E-state index contributed by atoms with van der Waals surface area (Å²) in [4.78, 5) is 10.3. The fourth-order valence-electron chi connectivity index (χ4n) is 3.28. The molecule has 12 heteroatoms. The molecule has 0 bridgehead atoms. The zero-order valence-corrected chi connectivity index (χ0v) is 17.1. The minimum atomic E-state index is -1.65. The van der Waals surface area contributed by atoms with Crippen LogP contribution < -0.4 is 4.74 Å². The van der Waals surface area contributed by atoms with E-state index in [1.54, 1.807) is 0 Å². The fourth-order valence-corrected chi connectivity index (χ4v) is 3.28. The van der Waals surface area contributed by atoms with Crippen molar-refractivity contribution in [3.05, 3.63) is 52.8 Å². The lowest BCUT2D eigenvalue weighted by Gasteiger charge is -2.27. The maximum Gasteiger partial charge on any atom is 0.338 e. The van der Waals surface area contributed by atoms with Gasteiger partial charge in [0.2, 0.25) is 5.75 Å². The molecular weight excluding hydrogens is 459 g/mol. The summed E-state index contributed by atoms with van der Waals surface area (Å²) in [6, 6.07) is 5.79. The molecular formula is C22H19FO11. The number of hydrogen-bond acceptors (Lipinski definition) is 10. The minimum Gasteiger partial charge on any atom is -0.508 e. The second-order valence-corrected chi connectivity index (χ2v) is 7.25. The van der Waals surface area contributed by atoms with Crippen molar-refractivity contribution >= 4 is 5.97 Å². The third-order valence-corrected chi connectivity index (χ3v) is 4.98. The smallest absolute Gasteiger partial charge is 0.338 e. The van der Waals surface area contributed by atoms with Crippen molar-refractivity contribution in [2.45, 2.75) is 18.9 Å². The van der Waals surface area contributed by atoms with E-state index in [1.807, 2.05) is 0 Å². The van der Waals surface area contributed by atoms with Crippen LogP contribution in [0, 0.1) is 5.82 Å². The topological polar surface area (TPSA) is 208 Å². The van der Waals surface area contributed by atoms with Crippen LogP contribution in [-0.4, -0.2) is 51.9 Å². The Hall–Kier alpha value is -4.74. The molecule has 4 rings (SSSR count). The summed E-state index contributed by atoms with van der Waals surface area (Å²) < 4.78 is 18.5. The number of carboxylic acids is 1. The van der Waals surface area contributed by atoms with Crippen molar-refractivity contribution in [3.63, 3.8) is 0 Å². The average molecular weight is 478 g/mol. The Balaban J connectivity index is 0.000000215. The average Bonchev–Trinajstić information content (AvgIpc) is 2.77. The van der Waals surface area contributed by atoms with Gasteiger partial charge in [0.25, 0.3) is 0 Å². The van der Waals surface area contributed by atoms with Gasteiger partial charge in [-0.1, -0.05) is 0 Å². The molecule has 34 heavy (non-hydrogen) atoms. The van der Waals surface area contributed by atoms with Gasteiger partial charge in [0.15, 0.2) is 34.6 Å². The first-order chi connectivity index (χ1) is 15.9. The number of aromatic hydroxyl groups is 8. The molecule has 9 N–H and O–H groups in total. The maximum atomic E-state index is 12.8. The summed E-state index contributed by atoms with van der Waals surface area (Å²) in [7, 11) is 0. The third-order valence-electron chi connectivity index (χ3n) is 4.98. The number of hydrogen-bond donors (Lipinski definition) is 9. The van der Waals surface area contributed by atoms with E-state index in [4.69, 9.17) is 25.2 Å². The van der Waals surface area contributed by atoms with Crippen molar-refractivity contribution < 1.29 is 59.9 Å². The van der Waals surface area contributed by atoms with Crippen molar-refractivity contribution in [1.82, 2.24) is 0 Å². The van der Waals surface area contributed by atoms with Crippen LogP contribution >= 0.6 is 0 Å². The van der Waals surface area contributed by atoms with E-state index in [1.165, 1.54) is 24.3 Å². The highest BCUT2D eigenvalue weighted by Crippen LogP contribution is 2.44. The van der Waals surface area contributed by atoms with E-state index >= 15 is 0 Å². The van der Waals surface area contributed by atoms with Crippen molar-refractivity contribution in [2.75, 3.05) is 0 Å². The number of aromatic carboxylic acids is 1. The Labute approximate surface area is 190 Å². The monoisotopic (exact) mass is 478 g/mol. The maximum absolute atomic E-state index is 12.8. The molecule has 0 aromatic heterocycles. The van der Waals surface area contributed by atoms with E-state index in [9.17, 15) is 34.7 Å². The first kappa shape index (κ1) is 23.9. The third kappa shape index (κ3) is 4.55. The standard InChI is InChI=1S/C15H14O6.C7H5FO5/c16-8-5-10(17)9-1-2-13(21-14(9)6-8)7-3-11(18)15(20)12(19)4-7;8-4-2(7(12)13)1-3(9)5(10)6(4)11/h3-6,13,16-20H,1-2H2;1,9-11H,(H,12,13). The molecule has 0 amide bonds. The normalized spacial score (nSPS) is 14.3. The van der Waals surface area contributed by atoms with Crippen LogP contribution in [0.4, 0.5) is 4.39 Å². The molecule has 1 atom stereocenters. The Morgan fingerprint density at radius 1 is 0.794 bits per heavy atom. The molecule has 11 nitrogen and oxygen atoms in total. The Morgan fingerprint density at radius 2 is 1.38 bits per heavy atom. The summed E-state index contributed by atoms with van der Waals surface area (Å²) in [5.74, 6) is -7.61. The van der Waals surface area contributed by atoms with Gasteiger partial charge in [0.1, 0.15) is 28.9 Å². The number of rotatable bonds is 2. The summed E-state index contributed by atoms with van der Waals surface area (Å²) in [6.45, 7) is 0. The van der Waals surface area contributed by atoms with Crippen LogP contribution in [0.2, 0.25) is 0 Å². The summed E-state index contributed by atoms with van der Waals surface area (Å²) in [5.41, 5.74) is 0.195. The number of carboxylic acid groups (broad SMARTS) is 1. The molecule has 0 saturated carbocycles. The molecule has 3 aromatic carbocycles. The van der Waals surface area contributed by atoms with Crippen molar-refractivity contribution in [1.29, 1.82) is 0 Å². The SMILES string of the molecule is O=C(O)c1cc(O)c(O)c(O)c1F.Oc1cc(O)c2c(c1)OC(c1cc(O)c(O)c(O)c1)CC2. The number of halogens is 1. The van der Waals surface area contributed by atoms with Gasteiger partial charge < -0.3 is 50.7 Å². The lowest BCUT2D eigenvalue weighted by Crippen LogP contribution is -2.15. The first-order valence-electron chi connectivity index (χ1n) is 9.53. The van der Waals surface area contributed by atoms with E-state index in [-0.39, 0.29) is 11.5 Å². The van der Waals surface area contributed by atoms with Gasteiger partial charge in [-0.2, -0.15) is 0 Å². The van der Waals surface area contributed by atoms with Crippen LogP contribution in [0.3, 0.4) is 0 Å². The molecule has 3 aromatic rings. The molecule has 1 aliphatic rings. The minimum absolute atomic E-state index is 0.0279. The number of phenolic OH excluding ortho intramolecular Hbond substituents is 8. The Bertz CT molecular complexity index is 1250. The zero-order chi connectivity index (χ0) is 25.3. The Morgan fingerprint density at radius 3 is 1.97 bits per heavy atom. The van der Waals surface area contributed by atoms with Gasteiger partial charge >= 0.3 is 5.97 Å². The van der Waals surface area contributed by atoms with Gasteiger partial charge in [-0.15, -0.1) is 0 Å². The second-order valence-electron chi connectivity index (χ2n) is 7.25. The molecule has 0 saturated heterocycles. The molecule has 0 spiro atoms.